The minimum absolute atomic E-state index is 0.0937. The largest absolute Gasteiger partial charge is 0.496 e. The van der Waals surface area contributed by atoms with Gasteiger partial charge >= 0.3 is 0 Å². The van der Waals surface area contributed by atoms with Gasteiger partial charge in [0.2, 0.25) is 10.0 Å². The number of sulfonamides is 1. The highest BCUT2D eigenvalue weighted by Gasteiger charge is 2.13. The number of rotatable bonds is 10. The van der Waals surface area contributed by atoms with Crippen molar-refractivity contribution in [2.75, 3.05) is 26.0 Å². The smallest absolute Gasteiger partial charge is 0.211 e. The van der Waals surface area contributed by atoms with Crippen LogP contribution in [0.5, 0.6) is 5.75 Å². The third kappa shape index (κ3) is 6.65. The Morgan fingerprint density at radius 2 is 2.05 bits per heavy atom. The number of nitrogens with one attached hydrogen (secondary N) is 2. The van der Waals surface area contributed by atoms with Crippen molar-refractivity contribution in [1.82, 2.24) is 10.0 Å². The highest BCUT2D eigenvalue weighted by atomic mass is 35.5. The maximum Gasteiger partial charge on any atom is 0.211 e. The van der Waals surface area contributed by atoms with Crippen molar-refractivity contribution < 1.29 is 13.2 Å². The SMILES string of the molecule is CCCNCCCS(=O)(=O)NCc1c(Cl)cccc1OC. The molecule has 0 atom stereocenters. The fraction of sp³-hybridized carbons (Fsp3) is 0.571. The average Bonchev–Trinajstić information content (AvgIpc) is 2.45. The molecule has 2 N–H and O–H groups in total. The Morgan fingerprint density at radius 1 is 1.29 bits per heavy atom. The van der Waals surface area contributed by atoms with Crippen molar-refractivity contribution in [2.24, 2.45) is 0 Å². The average molecular weight is 335 g/mol. The van der Waals surface area contributed by atoms with Gasteiger partial charge in [0.1, 0.15) is 5.75 Å². The number of ether oxygens (including phenoxy) is 1. The van der Waals surface area contributed by atoms with Crippen LogP contribution in [0.15, 0.2) is 18.2 Å². The van der Waals surface area contributed by atoms with Crippen LogP contribution in [0, 0.1) is 0 Å². The second kappa shape index (κ2) is 9.25. The third-order valence-electron chi connectivity index (χ3n) is 2.96. The first kappa shape index (κ1) is 18.2. The van der Waals surface area contributed by atoms with Gasteiger partial charge in [-0.2, -0.15) is 0 Å². The molecule has 0 radical (unpaired) electrons. The van der Waals surface area contributed by atoms with Crippen molar-refractivity contribution >= 4 is 21.6 Å². The number of hydrogen-bond acceptors (Lipinski definition) is 4. The van der Waals surface area contributed by atoms with E-state index in [1.807, 2.05) is 0 Å². The van der Waals surface area contributed by atoms with E-state index >= 15 is 0 Å². The molecule has 0 aromatic heterocycles. The summed E-state index contributed by atoms with van der Waals surface area (Å²) in [6.07, 6.45) is 1.62. The Labute approximate surface area is 132 Å². The quantitative estimate of drug-likeness (QED) is 0.643. The van der Waals surface area contributed by atoms with Crippen LogP contribution in [-0.2, 0) is 16.6 Å². The van der Waals surface area contributed by atoms with Gasteiger partial charge in [-0.05, 0) is 38.1 Å². The molecule has 0 bridgehead atoms. The molecule has 7 heteroatoms. The summed E-state index contributed by atoms with van der Waals surface area (Å²) in [5, 5.41) is 3.66. The number of hydrogen-bond donors (Lipinski definition) is 2. The standard InChI is InChI=1S/C14H23ClN2O3S/c1-3-8-16-9-5-10-21(18,19)17-11-12-13(15)6-4-7-14(12)20-2/h4,6-7,16-17H,3,5,8-11H2,1-2H3. The molecule has 1 aromatic rings. The molecule has 0 saturated heterocycles. The first-order valence-electron chi connectivity index (χ1n) is 6.99. The van der Waals surface area contributed by atoms with Crippen LogP contribution in [0.4, 0.5) is 0 Å². The molecule has 0 aliphatic rings. The minimum Gasteiger partial charge on any atom is -0.496 e. The van der Waals surface area contributed by atoms with Gasteiger partial charge in [0.25, 0.3) is 0 Å². The molecule has 0 aliphatic heterocycles. The number of benzene rings is 1. The van der Waals surface area contributed by atoms with Crippen LogP contribution < -0.4 is 14.8 Å². The van der Waals surface area contributed by atoms with Gasteiger partial charge < -0.3 is 10.1 Å². The Balaban J connectivity index is 2.50. The lowest BCUT2D eigenvalue weighted by Crippen LogP contribution is -2.28. The first-order chi connectivity index (χ1) is 10.00. The van der Waals surface area contributed by atoms with E-state index in [1.165, 1.54) is 7.11 Å². The Kier molecular flexibility index (Phi) is 8.03. The molecule has 0 aliphatic carbocycles. The highest BCUT2D eigenvalue weighted by molar-refractivity contribution is 7.89. The van der Waals surface area contributed by atoms with Crippen LogP contribution in [0.1, 0.15) is 25.3 Å². The van der Waals surface area contributed by atoms with Crippen molar-refractivity contribution in [3.05, 3.63) is 28.8 Å². The van der Waals surface area contributed by atoms with Crippen molar-refractivity contribution in [3.8, 4) is 5.75 Å². The summed E-state index contributed by atoms with van der Waals surface area (Å²) in [5.41, 5.74) is 0.648. The fourth-order valence-corrected chi connectivity index (χ4v) is 3.11. The molecule has 1 aromatic carbocycles. The van der Waals surface area contributed by atoms with Crippen LogP contribution in [0.2, 0.25) is 5.02 Å². The van der Waals surface area contributed by atoms with E-state index in [4.69, 9.17) is 16.3 Å². The summed E-state index contributed by atoms with van der Waals surface area (Å²) < 4.78 is 31.6. The number of halogens is 1. The Hall–Kier alpha value is -0.820. The summed E-state index contributed by atoms with van der Waals surface area (Å²) in [7, 11) is -1.78. The van der Waals surface area contributed by atoms with E-state index in [9.17, 15) is 8.42 Å². The molecule has 0 heterocycles. The second-order valence-corrected chi connectivity index (χ2v) is 7.00. The summed E-state index contributed by atoms with van der Waals surface area (Å²) in [6.45, 7) is 3.81. The van der Waals surface area contributed by atoms with Gasteiger partial charge in [-0.1, -0.05) is 24.6 Å². The van der Waals surface area contributed by atoms with Gasteiger partial charge in [-0.15, -0.1) is 0 Å². The lowest BCUT2D eigenvalue weighted by atomic mass is 10.2. The zero-order valence-electron chi connectivity index (χ0n) is 12.5. The lowest BCUT2D eigenvalue weighted by Gasteiger charge is -2.12. The van der Waals surface area contributed by atoms with Gasteiger partial charge in [-0.3, -0.25) is 0 Å². The zero-order chi connectivity index (χ0) is 15.7. The van der Waals surface area contributed by atoms with Crippen molar-refractivity contribution in [1.29, 1.82) is 0 Å². The molecule has 0 unspecified atom stereocenters. The van der Waals surface area contributed by atoms with Crippen LogP contribution in [-0.4, -0.2) is 34.4 Å². The monoisotopic (exact) mass is 334 g/mol. The van der Waals surface area contributed by atoms with Crippen molar-refractivity contribution in [3.63, 3.8) is 0 Å². The number of methoxy groups -OCH3 is 1. The molecule has 0 spiro atoms. The molecular weight excluding hydrogens is 312 g/mol. The zero-order valence-corrected chi connectivity index (χ0v) is 14.1. The molecule has 0 fully saturated rings. The second-order valence-electron chi connectivity index (χ2n) is 4.66. The molecule has 5 nitrogen and oxygen atoms in total. The fourth-order valence-electron chi connectivity index (χ4n) is 1.84. The summed E-state index contributed by atoms with van der Waals surface area (Å²) in [4.78, 5) is 0. The van der Waals surface area contributed by atoms with Gasteiger partial charge in [-0.25, -0.2) is 13.1 Å². The molecule has 1 rings (SSSR count). The molecule has 0 saturated carbocycles. The maximum absolute atomic E-state index is 11.9. The Bertz CT molecular complexity index is 535. The van der Waals surface area contributed by atoms with E-state index in [0.29, 0.717) is 29.3 Å². The van der Waals surface area contributed by atoms with E-state index in [-0.39, 0.29) is 12.3 Å². The summed E-state index contributed by atoms with van der Waals surface area (Å²) in [6, 6.07) is 5.23. The lowest BCUT2D eigenvalue weighted by molar-refractivity contribution is 0.409. The van der Waals surface area contributed by atoms with E-state index in [2.05, 4.69) is 17.0 Å². The maximum atomic E-state index is 11.9. The predicted molar refractivity (Wildman–Crippen MR) is 86.4 cm³/mol. The van der Waals surface area contributed by atoms with E-state index < -0.39 is 10.0 Å². The normalized spacial score (nSPS) is 11.6. The molecule has 0 amide bonds. The predicted octanol–water partition coefficient (Wildman–Crippen LogP) is 2.16. The van der Waals surface area contributed by atoms with Gasteiger partial charge in [0.05, 0.1) is 12.9 Å². The highest BCUT2D eigenvalue weighted by Crippen LogP contribution is 2.26. The van der Waals surface area contributed by atoms with Crippen LogP contribution in [0.25, 0.3) is 0 Å². The Morgan fingerprint density at radius 3 is 2.71 bits per heavy atom. The molecule has 120 valence electrons. The van der Waals surface area contributed by atoms with Crippen LogP contribution >= 0.6 is 11.6 Å². The third-order valence-corrected chi connectivity index (χ3v) is 4.72. The van der Waals surface area contributed by atoms with E-state index in [0.717, 1.165) is 13.0 Å². The van der Waals surface area contributed by atoms with Crippen molar-refractivity contribution in [2.45, 2.75) is 26.3 Å². The summed E-state index contributed by atoms with van der Waals surface area (Å²) >= 11 is 6.07. The minimum atomic E-state index is -3.31. The molecule has 21 heavy (non-hydrogen) atoms. The first-order valence-corrected chi connectivity index (χ1v) is 9.02. The van der Waals surface area contributed by atoms with Gasteiger partial charge in [0.15, 0.2) is 0 Å². The topological polar surface area (TPSA) is 67.4 Å². The van der Waals surface area contributed by atoms with Gasteiger partial charge in [0, 0.05) is 17.1 Å². The summed E-state index contributed by atoms with van der Waals surface area (Å²) in [5.74, 6) is 0.672. The van der Waals surface area contributed by atoms with Crippen LogP contribution in [0.3, 0.4) is 0 Å². The molecular formula is C14H23ClN2O3S. The van der Waals surface area contributed by atoms with E-state index in [1.54, 1.807) is 18.2 Å².